The number of nitrogens with zero attached hydrogens (tertiary/aromatic N) is 5. The summed E-state index contributed by atoms with van der Waals surface area (Å²) in [5.74, 6) is 8.22. The largest absolute Gasteiger partial charge is 0.467 e. The molecule has 3 heterocycles. The summed E-state index contributed by atoms with van der Waals surface area (Å²) in [5.41, 5.74) is 9.08. The Hall–Kier alpha value is -4.10. The molecule has 1 spiro atoms. The molecule has 1 aromatic carbocycles. The number of anilines is 1. The molecule has 2 aliphatic rings. The summed E-state index contributed by atoms with van der Waals surface area (Å²) in [7, 11) is 1.58. The van der Waals surface area contributed by atoms with Crippen molar-refractivity contribution in [2.24, 2.45) is 11.3 Å². The van der Waals surface area contributed by atoms with Gasteiger partial charge in [0.15, 0.2) is 12.6 Å². The molecule has 222 valence electrons. The van der Waals surface area contributed by atoms with Crippen LogP contribution in [0.3, 0.4) is 0 Å². The molecule has 2 fully saturated rings. The molecular weight excluding hydrogens is 532 g/mol. The Bertz CT molecular complexity index is 1470. The maximum Gasteiger partial charge on any atom is 0.410 e. The van der Waals surface area contributed by atoms with Crippen LogP contribution in [0.4, 0.5) is 10.6 Å². The second-order valence-electron chi connectivity index (χ2n) is 12.3. The maximum atomic E-state index is 12.4. The Labute approximate surface area is 247 Å². The van der Waals surface area contributed by atoms with Gasteiger partial charge in [0.05, 0.1) is 11.9 Å². The fraction of sp³-hybridized carbons (Fsp3) is 0.500. The van der Waals surface area contributed by atoms with E-state index in [1.54, 1.807) is 13.3 Å². The number of aromatic nitrogens is 4. The standard InChI is InChI=1S/C32H40N6O4/c1-22(10-11-23-17-32(18-23)12-14-37(15-13-32)30(39)42-31(2,3)4)38-20-24(19-34-38)26-16-27(35-36-29(26)33)25-8-6-7-9-28(25)41-21-40-5/h6-9,16,19-20,22-23H,12-15,17-18,21H2,1-5H3,(H2,33,36)/t22-/m0/s1. The minimum atomic E-state index is -0.466. The fourth-order valence-corrected chi connectivity index (χ4v) is 5.67. The molecule has 0 bridgehead atoms. The van der Waals surface area contributed by atoms with E-state index in [0.29, 0.717) is 28.6 Å². The normalized spacial score (nSPS) is 17.2. The Morgan fingerprint density at radius 1 is 1.17 bits per heavy atom. The molecule has 5 rings (SSSR count). The number of para-hydroxylation sites is 1. The van der Waals surface area contributed by atoms with Crippen molar-refractivity contribution < 1.29 is 19.0 Å². The van der Waals surface area contributed by atoms with E-state index in [1.165, 1.54) is 0 Å². The Morgan fingerprint density at radius 2 is 1.90 bits per heavy atom. The summed E-state index contributed by atoms with van der Waals surface area (Å²) in [4.78, 5) is 14.2. The molecule has 2 N–H and O–H groups in total. The Balaban J connectivity index is 1.20. The van der Waals surface area contributed by atoms with Gasteiger partial charge in [-0.15, -0.1) is 10.2 Å². The van der Waals surface area contributed by atoms with Gasteiger partial charge in [0.2, 0.25) is 0 Å². The van der Waals surface area contributed by atoms with Gasteiger partial charge in [-0.1, -0.05) is 24.0 Å². The van der Waals surface area contributed by atoms with Crippen molar-refractivity contribution in [3.63, 3.8) is 0 Å². The molecule has 1 amide bonds. The van der Waals surface area contributed by atoms with Gasteiger partial charge in [-0.3, -0.25) is 4.68 Å². The van der Waals surface area contributed by atoms with E-state index in [2.05, 4.69) is 27.1 Å². The minimum absolute atomic E-state index is 0.0945. The van der Waals surface area contributed by atoms with E-state index in [4.69, 9.17) is 19.9 Å². The van der Waals surface area contributed by atoms with Gasteiger partial charge in [0.1, 0.15) is 17.4 Å². The van der Waals surface area contributed by atoms with Crippen LogP contribution in [0.1, 0.15) is 59.4 Å². The molecule has 42 heavy (non-hydrogen) atoms. The van der Waals surface area contributed by atoms with E-state index in [0.717, 1.165) is 55.5 Å². The highest BCUT2D eigenvalue weighted by Crippen LogP contribution is 2.52. The number of rotatable bonds is 6. The van der Waals surface area contributed by atoms with Crippen LogP contribution >= 0.6 is 0 Å². The lowest BCUT2D eigenvalue weighted by atomic mass is 9.58. The molecule has 1 aliphatic carbocycles. The van der Waals surface area contributed by atoms with Crippen molar-refractivity contribution >= 4 is 11.9 Å². The molecule has 3 aromatic rings. The molecule has 2 aromatic heterocycles. The number of methoxy groups -OCH3 is 1. The number of hydrogen-bond donors (Lipinski definition) is 1. The van der Waals surface area contributed by atoms with Crippen LogP contribution in [0.5, 0.6) is 5.75 Å². The third-order valence-electron chi connectivity index (χ3n) is 7.96. The van der Waals surface area contributed by atoms with Crippen molar-refractivity contribution in [2.75, 3.05) is 32.7 Å². The summed E-state index contributed by atoms with van der Waals surface area (Å²) in [5, 5.41) is 13.1. The highest BCUT2D eigenvalue weighted by molar-refractivity contribution is 5.78. The van der Waals surface area contributed by atoms with Crippen LogP contribution in [0, 0.1) is 23.2 Å². The number of amides is 1. The van der Waals surface area contributed by atoms with Crippen molar-refractivity contribution in [2.45, 2.75) is 65.0 Å². The summed E-state index contributed by atoms with van der Waals surface area (Å²) in [6.07, 6.45) is 7.69. The van der Waals surface area contributed by atoms with Gasteiger partial charge >= 0.3 is 6.09 Å². The SMILES string of the molecule is COCOc1ccccc1-c1cc(-c2cnn([C@@H](C)C#CC3CC4(CCN(C(=O)OC(C)(C)C)CC4)C3)c2)c(N)nn1. The molecule has 1 atom stereocenters. The first kappa shape index (κ1) is 29.4. The van der Waals surface area contributed by atoms with Gasteiger partial charge in [-0.2, -0.15) is 5.10 Å². The first-order chi connectivity index (χ1) is 20.1. The van der Waals surface area contributed by atoms with Crippen molar-refractivity contribution in [1.82, 2.24) is 24.9 Å². The molecule has 1 saturated heterocycles. The summed E-state index contributed by atoms with van der Waals surface area (Å²) in [6.45, 7) is 9.39. The van der Waals surface area contributed by atoms with Crippen LogP contribution in [0.2, 0.25) is 0 Å². The topological polar surface area (TPSA) is 118 Å². The summed E-state index contributed by atoms with van der Waals surface area (Å²) < 4.78 is 18.2. The molecule has 0 unspecified atom stereocenters. The summed E-state index contributed by atoms with van der Waals surface area (Å²) in [6, 6.07) is 9.40. The van der Waals surface area contributed by atoms with Crippen molar-refractivity contribution in [1.29, 1.82) is 0 Å². The predicted molar refractivity (Wildman–Crippen MR) is 160 cm³/mol. The minimum Gasteiger partial charge on any atom is -0.467 e. The first-order valence-electron chi connectivity index (χ1n) is 14.4. The number of piperidine rings is 1. The van der Waals surface area contributed by atoms with Gasteiger partial charge in [-0.05, 0) is 77.0 Å². The van der Waals surface area contributed by atoms with Crippen LogP contribution < -0.4 is 10.5 Å². The Kier molecular flexibility index (Phi) is 8.41. The third kappa shape index (κ3) is 6.68. The molecule has 1 aliphatic heterocycles. The van der Waals surface area contributed by atoms with Crippen LogP contribution in [-0.2, 0) is 9.47 Å². The lowest BCUT2D eigenvalue weighted by Gasteiger charge is -2.50. The van der Waals surface area contributed by atoms with Crippen molar-refractivity contribution in [3.8, 4) is 40.0 Å². The zero-order chi connectivity index (χ0) is 29.9. The maximum absolute atomic E-state index is 12.4. The first-order valence-corrected chi connectivity index (χ1v) is 14.4. The predicted octanol–water partition coefficient (Wildman–Crippen LogP) is 5.56. The molecule has 10 nitrogen and oxygen atoms in total. The number of likely N-dealkylation sites (tertiary alicyclic amines) is 1. The van der Waals surface area contributed by atoms with E-state index in [1.807, 2.05) is 73.8 Å². The van der Waals surface area contributed by atoms with Crippen LogP contribution in [-0.4, -0.2) is 63.6 Å². The highest BCUT2D eigenvalue weighted by Gasteiger charge is 2.46. The van der Waals surface area contributed by atoms with E-state index >= 15 is 0 Å². The average Bonchev–Trinajstić information content (AvgIpc) is 3.44. The van der Waals surface area contributed by atoms with Crippen LogP contribution in [0.25, 0.3) is 22.4 Å². The second kappa shape index (κ2) is 12.0. The zero-order valence-electron chi connectivity index (χ0n) is 25.1. The molecule has 0 radical (unpaired) electrons. The van der Waals surface area contributed by atoms with Gasteiger partial charge in [0.25, 0.3) is 0 Å². The zero-order valence-corrected chi connectivity index (χ0v) is 25.1. The van der Waals surface area contributed by atoms with Gasteiger partial charge in [-0.25, -0.2) is 4.79 Å². The lowest BCUT2D eigenvalue weighted by molar-refractivity contribution is -0.0157. The quantitative estimate of drug-likeness (QED) is 0.301. The van der Waals surface area contributed by atoms with Crippen molar-refractivity contribution in [3.05, 3.63) is 42.7 Å². The number of carbonyl (C=O) groups is 1. The average molecular weight is 573 g/mol. The number of nitrogen functional groups attached to an aromatic ring is 1. The smallest absolute Gasteiger partial charge is 0.410 e. The number of ether oxygens (including phenoxy) is 3. The number of carbonyl (C=O) groups excluding carboxylic acids is 1. The van der Waals surface area contributed by atoms with Gasteiger partial charge < -0.3 is 24.8 Å². The highest BCUT2D eigenvalue weighted by atomic mass is 16.7. The van der Waals surface area contributed by atoms with Gasteiger partial charge in [0, 0.05) is 49.0 Å². The number of hydrogen-bond acceptors (Lipinski definition) is 8. The van der Waals surface area contributed by atoms with E-state index in [9.17, 15) is 4.79 Å². The van der Waals surface area contributed by atoms with Crippen LogP contribution in [0.15, 0.2) is 42.7 Å². The van der Waals surface area contributed by atoms with E-state index in [-0.39, 0.29) is 18.9 Å². The Morgan fingerprint density at radius 3 is 2.62 bits per heavy atom. The summed E-state index contributed by atoms with van der Waals surface area (Å²) >= 11 is 0. The monoisotopic (exact) mass is 572 g/mol. The third-order valence-corrected chi connectivity index (χ3v) is 7.96. The molecule has 1 saturated carbocycles. The van der Waals surface area contributed by atoms with E-state index < -0.39 is 5.60 Å². The number of nitrogens with two attached hydrogens (primary N) is 1. The lowest BCUT2D eigenvalue weighted by Crippen LogP contribution is -2.49. The molecular formula is C32H40N6O4. The molecule has 10 heteroatoms. The second-order valence-corrected chi connectivity index (χ2v) is 12.3. The fourth-order valence-electron chi connectivity index (χ4n) is 5.67. The number of benzene rings is 1.